The summed E-state index contributed by atoms with van der Waals surface area (Å²) in [6.45, 7) is 0.830. The first kappa shape index (κ1) is 10.9. The predicted octanol–water partition coefficient (Wildman–Crippen LogP) is 1.53. The van der Waals surface area contributed by atoms with Gasteiger partial charge in [0, 0.05) is 17.3 Å². The van der Waals surface area contributed by atoms with Crippen molar-refractivity contribution in [2.45, 2.75) is 18.9 Å². The van der Waals surface area contributed by atoms with Crippen molar-refractivity contribution >= 4 is 11.7 Å². The second-order valence-electron chi connectivity index (χ2n) is 3.92. The Labute approximate surface area is 92.3 Å². The Morgan fingerprint density at radius 3 is 2.88 bits per heavy atom. The minimum Gasteiger partial charge on any atom is -0.478 e. The van der Waals surface area contributed by atoms with Crippen LogP contribution in [0.2, 0.25) is 0 Å². The number of hydrogen-bond donors (Lipinski definition) is 3. The van der Waals surface area contributed by atoms with E-state index in [-0.39, 0.29) is 17.3 Å². The van der Waals surface area contributed by atoms with Gasteiger partial charge in [-0.2, -0.15) is 0 Å². The molecule has 1 fully saturated rings. The van der Waals surface area contributed by atoms with Crippen molar-refractivity contribution in [3.63, 3.8) is 0 Å². The van der Waals surface area contributed by atoms with Gasteiger partial charge in [0.25, 0.3) is 0 Å². The van der Waals surface area contributed by atoms with E-state index < -0.39 is 11.8 Å². The largest absolute Gasteiger partial charge is 0.478 e. The number of carboxylic acid groups (broad SMARTS) is 1. The molecule has 0 saturated carbocycles. The van der Waals surface area contributed by atoms with Gasteiger partial charge in [-0.15, -0.1) is 0 Å². The van der Waals surface area contributed by atoms with E-state index in [1.807, 2.05) is 0 Å². The van der Waals surface area contributed by atoms with Crippen LogP contribution in [0.1, 0.15) is 34.8 Å². The van der Waals surface area contributed by atoms with Crippen LogP contribution < -0.4 is 11.1 Å². The van der Waals surface area contributed by atoms with E-state index in [0.29, 0.717) is 5.56 Å². The lowest BCUT2D eigenvalue weighted by Gasteiger charge is -2.13. The number of anilines is 1. The second-order valence-corrected chi connectivity index (χ2v) is 3.92. The van der Waals surface area contributed by atoms with Crippen LogP contribution in [0.5, 0.6) is 0 Å². The van der Waals surface area contributed by atoms with Crippen LogP contribution in [0.15, 0.2) is 12.1 Å². The molecule has 0 spiro atoms. The van der Waals surface area contributed by atoms with Crippen molar-refractivity contribution in [1.29, 1.82) is 0 Å². The Morgan fingerprint density at radius 1 is 1.56 bits per heavy atom. The summed E-state index contributed by atoms with van der Waals surface area (Å²) in [7, 11) is 0. The Bertz CT molecular complexity index is 428. The number of hydrogen-bond acceptors (Lipinski definition) is 3. The van der Waals surface area contributed by atoms with Crippen molar-refractivity contribution < 1.29 is 14.3 Å². The molecule has 1 aromatic carbocycles. The Hall–Kier alpha value is -1.62. The highest BCUT2D eigenvalue weighted by molar-refractivity contribution is 5.93. The number of nitrogens with two attached hydrogens (primary N) is 1. The second kappa shape index (κ2) is 4.09. The average molecular weight is 224 g/mol. The standard InChI is InChI=1S/C11H13FN2O2/c12-8-5-9(13)7(11(15)16)4-6(8)10-2-1-3-14-10/h4-5,10,14H,1-3,13H2,(H,15,16)/t10-/m0/s1. The van der Waals surface area contributed by atoms with Gasteiger partial charge >= 0.3 is 5.97 Å². The summed E-state index contributed by atoms with van der Waals surface area (Å²) in [5.41, 5.74) is 5.77. The molecule has 1 aromatic rings. The van der Waals surface area contributed by atoms with Crippen LogP contribution in [0, 0.1) is 5.82 Å². The van der Waals surface area contributed by atoms with Gasteiger partial charge in [-0.05, 0) is 31.5 Å². The zero-order valence-corrected chi connectivity index (χ0v) is 8.66. The number of nitrogens with one attached hydrogen (secondary N) is 1. The van der Waals surface area contributed by atoms with Gasteiger partial charge in [0.1, 0.15) is 5.82 Å². The van der Waals surface area contributed by atoms with Crippen LogP contribution in [0.3, 0.4) is 0 Å². The number of rotatable bonds is 2. The van der Waals surface area contributed by atoms with Crippen LogP contribution in [0.25, 0.3) is 0 Å². The normalized spacial score (nSPS) is 19.9. The first-order valence-electron chi connectivity index (χ1n) is 5.15. The maximum absolute atomic E-state index is 13.6. The molecule has 1 saturated heterocycles. The molecule has 4 nitrogen and oxygen atoms in total. The minimum atomic E-state index is -1.13. The van der Waals surface area contributed by atoms with E-state index in [1.165, 1.54) is 6.07 Å². The van der Waals surface area contributed by atoms with Crippen molar-refractivity contribution in [3.05, 3.63) is 29.1 Å². The summed E-state index contributed by atoms with van der Waals surface area (Å²) < 4.78 is 13.6. The molecular formula is C11H13FN2O2. The van der Waals surface area contributed by atoms with E-state index in [0.717, 1.165) is 25.5 Å². The Balaban J connectivity index is 2.44. The smallest absolute Gasteiger partial charge is 0.337 e. The van der Waals surface area contributed by atoms with E-state index in [9.17, 15) is 9.18 Å². The molecule has 0 amide bonds. The molecule has 0 radical (unpaired) electrons. The lowest BCUT2D eigenvalue weighted by atomic mass is 10.0. The van der Waals surface area contributed by atoms with Crippen molar-refractivity contribution in [2.75, 3.05) is 12.3 Å². The molecule has 0 unspecified atom stereocenters. The summed E-state index contributed by atoms with van der Waals surface area (Å²) in [4.78, 5) is 10.9. The van der Waals surface area contributed by atoms with Crippen molar-refractivity contribution in [2.24, 2.45) is 0 Å². The number of carboxylic acids is 1. The third-order valence-electron chi connectivity index (χ3n) is 2.83. The maximum atomic E-state index is 13.6. The van der Waals surface area contributed by atoms with E-state index in [4.69, 9.17) is 10.8 Å². The molecule has 0 aromatic heterocycles. The average Bonchev–Trinajstić information content (AvgIpc) is 2.70. The summed E-state index contributed by atoms with van der Waals surface area (Å²) in [5.74, 6) is -1.57. The quantitative estimate of drug-likeness (QED) is 0.666. The Morgan fingerprint density at radius 2 is 2.31 bits per heavy atom. The fraction of sp³-hybridized carbons (Fsp3) is 0.364. The third-order valence-corrected chi connectivity index (χ3v) is 2.83. The van der Waals surface area contributed by atoms with Gasteiger partial charge in [0.15, 0.2) is 0 Å². The van der Waals surface area contributed by atoms with Gasteiger partial charge in [-0.25, -0.2) is 9.18 Å². The summed E-state index contributed by atoms with van der Waals surface area (Å²) in [6, 6.07) is 2.31. The lowest BCUT2D eigenvalue weighted by Crippen LogP contribution is -2.16. The molecule has 4 N–H and O–H groups in total. The van der Waals surface area contributed by atoms with E-state index in [1.54, 1.807) is 0 Å². The van der Waals surface area contributed by atoms with Crippen LogP contribution in [-0.2, 0) is 0 Å². The van der Waals surface area contributed by atoms with Gasteiger partial charge in [-0.3, -0.25) is 0 Å². The molecule has 1 heterocycles. The summed E-state index contributed by atoms with van der Waals surface area (Å²) >= 11 is 0. The molecule has 1 aliphatic rings. The predicted molar refractivity (Wildman–Crippen MR) is 57.7 cm³/mol. The highest BCUT2D eigenvalue weighted by atomic mass is 19.1. The zero-order chi connectivity index (χ0) is 11.7. The fourth-order valence-corrected chi connectivity index (χ4v) is 2.01. The number of benzene rings is 1. The number of aromatic carboxylic acids is 1. The Kier molecular flexibility index (Phi) is 2.78. The maximum Gasteiger partial charge on any atom is 0.337 e. The van der Waals surface area contributed by atoms with Gasteiger partial charge in [0.2, 0.25) is 0 Å². The van der Waals surface area contributed by atoms with Gasteiger partial charge in [0.05, 0.1) is 5.56 Å². The van der Waals surface area contributed by atoms with E-state index >= 15 is 0 Å². The minimum absolute atomic E-state index is 0.0354. The highest BCUT2D eigenvalue weighted by Crippen LogP contribution is 2.28. The third kappa shape index (κ3) is 1.86. The fourth-order valence-electron chi connectivity index (χ4n) is 2.01. The zero-order valence-electron chi connectivity index (χ0n) is 8.66. The molecule has 2 rings (SSSR count). The van der Waals surface area contributed by atoms with Crippen molar-refractivity contribution in [1.82, 2.24) is 5.32 Å². The number of carbonyl (C=O) groups is 1. The number of halogens is 1. The SMILES string of the molecule is Nc1cc(F)c([C@@H]2CCCN2)cc1C(=O)O. The van der Waals surface area contributed by atoms with Crippen molar-refractivity contribution in [3.8, 4) is 0 Å². The molecule has 1 aliphatic heterocycles. The first-order chi connectivity index (χ1) is 7.59. The van der Waals surface area contributed by atoms with Gasteiger partial charge < -0.3 is 16.2 Å². The monoisotopic (exact) mass is 224 g/mol. The van der Waals surface area contributed by atoms with Crippen LogP contribution in [-0.4, -0.2) is 17.6 Å². The first-order valence-corrected chi connectivity index (χ1v) is 5.15. The van der Waals surface area contributed by atoms with Gasteiger partial charge in [-0.1, -0.05) is 0 Å². The summed E-state index contributed by atoms with van der Waals surface area (Å²) in [6.07, 6.45) is 1.79. The molecule has 5 heteroatoms. The molecule has 0 bridgehead atoms. The summed E-state index contributed by atoms with van der Waals surface area (Å²) in [5, 5.41) is 12.0. The molecule has 0 aliphatic carbocycles. The van der Waals surface area contributed by atoms with Crippen LogP contribution >= 0.6 is 0 Å². The van der Waals surface area contributed by atoms with E-state index in [2.05, 4.69) is 5.32 Å². The highest BCUT2D eigenvalue weighted by Gasteiger charge is 2.22. The van der Waals surface area contributed by atoms with Crippen LogP contribution in [0.4, 0.5) is 10.1 Å². The topological polar surface area (TPSA) is 75.3 Å². The lowest BCUT2D eigenvalue weighted by molar-refractivity contribution is 0.0698. The molecule has 1 atom stereocenters. The molecular weight excluding hydrogens is 211 g/mol. The molecule has 16 heavy (non-hydrogen) atoms. The number of nitrogen functional groups attached to an aromatic ring is 1. The molecule has 86 valence electrons.